The molecule has 3 aromatic rings. The van der Waals surface area contributed by atoms with Crippen LogP contribution >= 0.6 is 0 Å². The average molecular weight is 324 g/mol. The van der Waals surface area contributed by atoms with Crippen LogP contribution in [-0.4, -0.2) is 38.3 Å². The van der Waals surface area contributed by atoms with Crippen molar-refractivity contribution in [3.63, 3.8) is 0 Å². The van der Waals surface area contributed by atoms with Crippen LogP contribution in [0, 0.1) is 0 Å². The van der Waals surface area contributed by atoms with E-state index in [4.69, 9.17) is 0 Å². The summed E-state index contributed by atoms with van der Waals surface area (Å²) in [7, 11) is 0. The number of nitrogens with zero attached hydrogens (tertiary/aromatic N) is 5. The van der Waals surface area contributed by atoms with E-state index in [1.807, 2.05) is 22.9 Å². The number of pyridine rings is 1. The van der Waals surface area contributed by atoms with Gasteiger partial charge in [-0.05, 0) is 26.0 Å². The fourth-order valence-electron chi connectivity index (χ4n) is 2.49. The van der Waals surface area contributed by atoms with Gasteiger partial charge in [-0.2, -0.15) is 0 Å². The van der Waals surface area contributed by atoms with Crippen LogP contribution in [0.15, 0.2) is 43.1 Å². The normalized spacial score (nSPS) is 10.8. The summed E-state index contributed by atoms with van der Waals surface area (Å²) in [5.41, 5.74) is 1.45. The minimum atomic E-state index is -0.153. The molecule has 0 aliphatic heterocycles. The van der Waals surface area contributed by atoms with Crippen molar-refractivity contribution in [1.82, 2.24) is 24.7 Å². The SMILES string of the molecule is CCN(CC)c1ccc(C(=O)NCc2cnc3nccn3c2)cn1. The number of imidazole rings is 1. The van der Waals surface area contributed by atoms with Crippen LogP contribution in [-0.2, 0) is 6.54 Å². The molecule has 0 aliphatic carbocycles. The van der Waals surface area contributed by atoms with E-state index in [9.17, 15) is 4.79 Å². The second-order valence-electron chi connectivity index (χ2n) is 5.36. The molecule has 3 rings (SSSR count). The lowest BCUT2D eigenvalue weighted by molar-refractivity contribution is 0.0950. The second kappa shape index (κ2) is 7.08. The molecule has 7 heteroatoms. The Morgan fingerprint density at radius 3 is 2.71 bits per heavy atom. The summed E-state index contributed by atoms with van der Waals surface area (Å²) >= 11 is 0. The van der Waals surface area contributed by atoms with Crippen LogP contribution in [0.5, 0.6) is 0 Å². The molecule has 0 bridgehead atoms. The molecule has 0 aliphatic rings. The van der Waals surface area contributed by atoms with Crippen molar-refractivity contribution in [2.45, 2.75) is 20.4 Å². The predicted octanol–water partition coefficient (Wildman–Crippen LogP) is 1.90. The summed E-state index contributed by atoms with van der Waals surface area (Å²) in [5, 5.41) is 2.88. The molecule has 3 aromatic heterocycles. The van der Waals surface area contributed by atoms with Gasteiger partial charge >= 0.3 is 0 Å². The van der Waals surface area contributed by atoms with Crippen LogP contribution in [0.25, 0.3) is 5.78 Å². The van der Waals surface area contributed by atoms with Crippen LogP contribution in [0.2, 0.25) is 0 Å². The molecule has 124 valence electrons. The number of carbonyl (C=O) groups is 1. The standard InChI is InChI=1S/C17H20N6O/c1-3-22(4-2)15-6-5-14(11-19-15)16(24)20-9-13-10-21-17-18-7-8-23(17)12-13/h5-8,10-12H,3-4,9H2,1-2H3,(H,20,24). The van der Waals surface area contributed by atoms with E-state index in [0.29, 0.717) is 17.9 Å². The van der Waals surface area contributed by atoms with Gasteiger partial charge in [0.25, 0.3) is 5.91 Å². The first-order chi connectivity index (χ1) is 11.7. The van der Waals surface area contributed by atoms with E-state index in [1.165, 1.54) is 0 Å². The number of nitrogens with one attached hydrogen (secondary N) is 1. The van der Waals surface area contributed by atoms with Gasteiger partial charge in [-0.3, -0.25) is 9.20 Å². The molecule has 24 heavy (non-hydrogen) atoms. The Kier molecular flexibility index (Phi) is 4.69. The summed E-state index contributed by atoms with van der Waals surface area (Å²) in [4.78, 5) is 27.1. The Morgan fingerprint density at radius 1 is 1.17 bits per heavy atom. The van der Waals surface area contributed by atoms with Gasteiger partial charge in [-0.25, -0.2) is 15.0 Å². The van der Waals surface area contributed by atoms with E-state index in [-0.39, 0.29) is 5.91 Å². The first-order valence-electron chi connectivity index (χ1n) is 7.98. The van der Waals surface area contributed by atoms with Crippen molar-refractivity contribution in [1.29, 1.82) is 0 Å². The van der Waals surface area contributed by atoms with Crippen LogP contribution < -0.4 is 10.2 Å². The fourth-order valence-corrected chi connectivity index (χ4v) is 2.49. The van der Waals surface area contributed by atoms with Gasteiger partial charge in [0.2, 0.25) is 5.78 Å². The zero-order valence-corrected chi connectivity index (χ0v) is 13.8. The molecule has 0 radical (unpaired) electrons. The summed E-state index contributed by atoms with van der Waals surface area (Å²) in [5.74, 6) is 1.37. The zero-order valence-electron chi connectivity index (χ0n) is 13.8. The maximum absolute atomic E-state index is 12.2. The average Bonchev–Trinajstić information content (AvgIpc) is 3.09. The summed E-state index contributed by atoms with van der Waals surface area (Å²) in [6.45, 7) is 6.34. The number of hydrogen-bond donors (Lipinski definition) is 1. The third kappa shape index (κ3) is 3.34. The van der Waals surface area contributed by atoms with E-state index < -0.39 is 0 Å². The third-order valence-electron chi connectivity index (χ3n) is 3.85. The largest absolute Gasteiger partial charge is 0.357 e. The number of aromatic nitrogens is 4. The lowest BCUT2D eigenvalue weighted by atomic mass is 10.2. The monoisotopic (exact) mass is 324 g/mol. The Morgan fingerprint density at radius 2 is 2.00 bits per heavy atom. The lowest BCUT2D eigenvalue weighted by Gasteiger charge is -2.19. The maximum atomic E-state index is 12.2. The molecule has 0 atom stereocenters. The van der Waals surface area contributed by atoms with Gasteiger partial charge in [0.15, 0.2) is 0 Å². The van der Waals surface area contributed by atoms with Gasteiger partial charge < -0.3 is 10.2 Å². The quantitative estimate of drug-likeness (QED) is 0.749. The van der Waals surface area contributed by atoms with E-state index in [2.05, 4.69) is 39.0 Å². The highest BCUT2D eigenvalue weighted by Gasteiger charge is 2.08. The second-order valence-corrected chi connectivity index (χ2v) is 5.36. The van der Waals surface area contributed by atoms with E-state index in [0.717, 1.165) is 24.5 Å². The molecule has 0 unspecified atom stereocenters. The first-order valence-corrected chi connectivity index (χ1v) is 7.98. The molecule has 1 amide bonds. The van der Waals surface area contributed by atoms with Crippen molar-refractivity contribution in [2.24, 2.45) is 0 Å². The molecule has 1 N–H and O–H groups in total. The van der Waals surface area contributed by atoms with Gasteiger partial charge in [-0.15, -0.1) is 0 Å². The van der Waals surface area contributed by atoms with Crippen LogP contribution in [0.1, 0.15) is 29.8 Å². The molecule has 3 heterocycles. The minimum Gasteiger partial charge on any atom is -0.357 e. The number of rotatable bonds is 6. The number of anilines is 1. The van der Waals surface area contributed by atoms with Gasteiger partial charge in [0, 0.05) is 56.2 Å². The number of amides is 1. The van der Waals surface area contributed by atoms with Gasteiger partial charge in [0.1, 0.15) is 5.82 Å². The fraction of sp³-hybridized carbons (Fsp3) is 0.294. The van der Waals surface area contributed by atoms with Gasteiger partial charge in [0.05, 0.1) is 5.56 Å². The molecule has 0 fully saturated rings. The molecule has 7 nitrogen and oxygen atoms in total. The number of carbonyl (C=O) groups excluding carboxylic acids is 1. The summed E-state index contributed by atoms with van der Waals surface area (Å²) < 4.78 is 1.82. The smallest absolute Gasteiger partial charge is 0.253 e. The Hall–Kier alpha value is -2.96. The van der Waals surface area contributed by atoms with Gasteiger partial charge in [-0.1, -0.05) is 0 Å². The van der Waals surface area contributed by atoms with Crippen molar-refractivity contribution in [3.8, 4) is 0 Å². The van der Waals surface area contributed by atoms with E-state index in [1.54, 1.807) is 24.7 Å². The van der Waals surface area contributed by atoms with Crippen molar-refractivity contribution in [2.75, 3.05) is 18.0 Å². The van der Waals surface area contributed by atoms with E-state index >= 15 is 0 Å². The third-order valence-corrected chi connectivity index (χ3v) is 3.85. The first kappa shape index (κ1) is 15.9. The van der Waals surface area contributed by atoms with Crippen molar-refractivity contribution < 1.29 is 4.79 Å². The molecule has 0 saturated carbocycles. The highest BCUT2D eigenvalue weighted by atomic mass is 16.1. The molecular formula is C17H20N6O. The summed E-state index contributed by atoms with van der Waals surface area (Å²) in [6, 6.07) is 3.67. The number of hydrogen-bond acceptors (Lipinski definition) is 5. The Balaban J connectivity index is 1.64. The summed E-state index contributed by atoms with van der Waals surface area (Å²) in [6.07, 6.45) is 8.74. The maximum Gasteiger partial charge on any atom is 0.253 e. The minimum absolute atomic E-state index is 0.153. The Labute approximate surface area is 140 Å². The highest BCUT2D eigenvalue weighted by Crippen LogP contribution is 2.11. The molecule has 0 aromatic carbocycles. The van der Waals surface area contributed by atoms with Crippen LogP contribution in [0.3, 0.4) is 0 Å². The molecular weight excluding hydrogens is 304 g/mol. The van der Waals surface area contributed by atoms with Crippen molar-refractivity contribution >= 4 is 17.5 Å². The molecule has 0 spiro atoms. The Bertz CT molecular complexity index is 822. The van der Waals surface area contributed by atoms with Crippen LogP contribution in [0.4, 0.5) is 5.82 Å². The molecule has 0 saturated heterocycles. The van der Waals surface area contributed by atoms with Crippen molar-refractivity contribution in [3.05, 3.63) is 54.2 Å². The zero-order chi connectivity index (χ0) is 16.9. The highest BCUT2D eigenvalue weighted by molar-refractivity contribution is 5.94. The predicted molar refractivity (Wildman–Crippen MR) is 92.0 cm³/mol. The lowest BCUT2D eigenvalue weighted by Crippen LogP contribution is -2.25. The topological polar surface area (TPSA) is 75.4 Å². The number of fused-ring (bicyclic) bond motifs is 1.